The van der Waals surface area contributed by atoms with Crippen LogP contribution in [-0.2, 0) is 6.54 Å². The lowest BCUT2D eigenvalue weighted by Gasteiger charge is -2.13. The zero-order chi connectivity index (χ0) is 20.4. The molecule has 0 bridgehead atoms. The number of benzene rings is 2. The molecule has 0 aliphatic carbocycles. The van der Waals surface area contributed by atoms with E-state index in [1.54, 1.807) is 35.8 Å². The molecule has 28 heavy (non-hydrogen) atoms. The summed E-state index contributed by atoms with van der Waals surface area (Å²) in [6, 6.07) is 9.52. The molecule has 3 rings (SSSR count). The first-order chi connectivity index (χ1) is 13.4. The molecule has 0 radical (unpaired) electrons. The lowest BCUT2D eigenvalue weighted by Crippen LogP contribution is -2.24. The summed E-state index contributed by atoms with van der Waals surface area (Å²) in [6.45, 7) is 4.00. The summed E-state index contributed by atoms with van der Waals surface area (Å²) in [7, 11) is 1.50. The average Bonchev–Trinajstić information content (AvgIpc) is 2.69. The van der Waals surface area contributed by atoms with Gasteiger partial charge < -0.3 is 14.6 Å². The summed E-state index contributed by atoms with van der Waals surface area (Å²) >= 11 is 0. The number of aromatic nitrogens is 1. The number of anilines is 1. The smallest absolute Gasteiger partial charge is 0.274 e. The number of nitrogens with one attached hydrogen (secondary N) is 1. The normalized spacial score (nSPS) is 10.7. The average molecular weight is 381 g/mol. The number of fused-ring (bicyclic) bond motifs is 1. The van der Waals surface area contributed by atoms with Gasteiger partial charge in [0.05, 0.1) is 34.2 Å². The number of aryl methyl sites for hydroxylation is 1. The first-order valence-corrected chi connectivity index (χ1v) is 8.64. The second-order valence-corrected chi connectivity index (χ2v) is 6.20. The van der Waals surface area contributed by atoms with Gasteiger partial charge in [0.15, 0.2) is 0 Å². The lowest BCUT2D eigenvalue weighted by molar-refractivity contribution is -0.385. The van der Waals surface area contributed by atoms with Gasteiger partial charge in [-0.05, 0) is 38.1 Å². The number of hydrogen-bond acceptors (Lipinski definition) is 5. The predicted molar refractivity (Wildman–Crippen MR) is 106 cm³/mol. The highest BCUT2D eigenvalue weighted by molar-refractivity contribution is 6.06. The van der Waals surface area contributed by atoms with E-state index in [1.807, 2.05) is 6.92 Å². The SMILES string of the molecule is CCn1cc(C(=O)Nc2cccc([N+](=O)[O-])c2C)c(=O)c2cc(OC)ccc21. The van der Waals surface area contributed by atoms with Gasteiger partial charge >= 0.3 is 0 Å². The fraction of sp³-hybridized carbons (Fsp3) is 0.200. The molecular formula is C20H19N3O5. The number of carbonyl (C=O) groups excluding carboxylic acids is 1. The Labute approximate surface area is 160 Å². The van der Waals surface area contributed by atoms with Gasteiger partial charge in [0.1, 0.15) is 11.3 Å². The van der Waals surface area contributed by atoms with Crippen molar-refractivity contribution in [2.45, 2.75) is 20.4 Å². The van der Waals surface area contributed by atoms with Crippen molar-refractivity contribution in [1.82, 2.24) is 4.57 Å². The molecule has 0 atom stereocenters. The van der Waals surface area contributed by atoms with Crippen molar-refractivity contribution in [2.75, 3.05) is 12.4 Å². The van der Waals surface area contributed by atoms with E-state index in [4.69, 9.17) is 4.74 Å². The summed E-state index contributed by atoms with van der Waals surface area (Å²) in [5.74, 6) is -0.111. The number of methoxy groups -OCH3 is 1. The van der Waals surface area contributed by atoms with E-state index in [0.29, 0.717) is 28.8 Å². The predicted octanol–water partition coefficient (Wildman–Crippen LogP) is 3.50. The number of ether oxygens (including phenoxy) is 1. The highest BCUT2D eigenvalue weighted by atomic mass is 16.6. The van der Waals surface area contributed by atoms with Crippen LogP contribution < -0.4 is 15.5 Å². The van der Waals surface area contributed by atoms with Crippen molar-refractivity contribution in [3.8, 4) is 5.75 Å². The Balaban J connectivity index is 2.10. The Morgan fingerprint density at radius 3 is 2.68 bits per heavy atom. The van der Waals surface area contributed by atoms with E-state index in [1.165, 1.54) is 25.4 Å². The van der Waals surface area contributed by atoms with E-state index in [9.17, 15) is 19.7 Å². The molecule has 0 fully saturated rings. The molecule has 0 saturated carbocycles. The molecule has 1 amide bonds. The van der Waals surface area contributed by atoms with Gasteiger partial charge in [0.25, 0.3) is 11.6 Å². The van der Waals surface area contributed by atoms with Crippen LogP contribution in [0.3, 0.4) is 0 Å². The van der Waals surface area contributed by atoms with Gasteiger partial charge in [-0.1, -0.05) is 6.07 Å². The van der Waals surface area contributed by atoms with Crippen LogP contribution in [0.2, 0.25) is 0 Å². The number of rotatable bonds is 5. The molecular weight excluding hydrogens is 362 g/mol. The zero-order valence-corrected chi connectivity index (χ0v) is 15.7. The molecule has 1 heterocycles. The topological polar surface area (TPSA) is 103 Å². The van der Waals surface area contributed by atoms with Crippen LogP contribution in [0.15, 0.2) is 47.4 Å². The van der Waals surface area contributed by atoms with Gasteiger partial charge in [0, 0.05) is 18.8 Å². The lowest BCUT2D eigenvalue weighted by atomic mass is 10.1. The van der Waals surface area contributed by atoms with Crippen molar-refractivity contribution in [1.29, 1.82) is 0 Å². The van der Waals surface area contributed by atoms with Gasteiger partial charge in [-0.3, -0.25) is 19.7 Å². The Hall–Kier alpha value is -3.68. The second kappa shape index (κ2) is 7.51. The molecule has 0 aliphatic rings. The molecule has 0 unspecified atom stereocenters. The first kappa shape index (κ1) is 19.1. The standard InChI is InChI=1S/C20H19N3O5/c1-4-22-11-15(19(24)14-10-13(28-3)8-9-18(14)22)20(25)21-16-6-5-7-17(12(16)2)23(26)27/h5-11H,4H2,1-3H3,(H,21,25). The molecule has 2 aromatic carbocycles. The molecule has 0 aliphatic heterocycles. The van der Waals surface area contributed by atoms with E-state index < -0.39 is 16.3 Å². The van der Waals surface area contributed by atoms with Crippen LogP contribution >= 0.6 is 0 Å². The van der Waals surface area contributed by atoms with Crippen LogP contribution in [0.5, 0.6) is 5.75 Å². The highest BCUT2D eigenvalue weighted by Crippen LogP contribution is 2.25. The van der Waals surface area contributed by atoms with E-state index in [2.05, 4.69) is 5.32 Å². The number of nitro benzene ring substituents is 1. The first-order valence-electron chi connectivity index (χ1n) is 8.64. The third-order valence-electron chi connectivity index (χ3n) is 4.62. The Kier molecular flexibility index (Phi) is 5.12. The van der Waals surface area contributed by atoms with Gasteiger partial charge in [-0.25, -0.2) is 0 Å². The van der Waals surface area contributed by atoms with Crippen molar-refractivity contribution < 1.29 is 14.5 Å². The monoisotopic (exact) mass is 381 g/mol. The van der Waals surface area contributed by atoms with Crippen molar-refractivity contribution in [3.05, 3.63) is 74.1 Å². The number of carbonyl (C=O) groups is 1. The maximum atomic E-state index is 12.9. The van der Waals surface area contributed by atoms with E-state index in [-0.39, 0.29) is 16.9 Å². The Bertz CT molecular complexity index is 1150. The van der Waals surface area contributed by atoms with Crippen molar-refractivity contribution in [2.24, 2.45) is 0 Å². The fourth-order valence-electron chi connectivity index (χ4n) is 3.07. The highest BCUT2D eigenvalue weighted by Gasteiger charge is 2.19. The quantitative estimate of drug-likeness (QED) is 0.538. The number of nitrogens with zero attached hydrogens (tertiary/aromatic N) is 2. The summed E-state index contributed by atoms with van der Waals surface area (Å²) in [5.41, 5.74) is 0.711. The molecule has 3 aromatic rings. The van der Waals surface area contributed by atoms with Crippen LogP contribution in [0.1, 0.15) is 22.8 Å². The minimum absolute atomic E-state index is 0.0477. The van der Waals surface area contributed by atoms with Gasteiger partial charge in [-0.2, -0.15) is 0 Å². The Morgan fingerprint density at radius 2 is 2.04 bits per heavy atom. The summed E-state index contributed by atoms with van der Waals surface area (Å²) in [6.07, 6.45) is 1.50. The second-order valence-electron chi connectivity index (χ2n) is 6.20. The van der Waals surface area contributed by atoms with Crippen LogP contribution in [0, 0.1) is 17.0 Å². The third kappa shape index (κ3) is 3.32. The van der Waals surface area contributed by atoms with Crippen LogP contribution in [-0.4, -0.2) is 22.5 Å². The molecule has 8 heteroatoms. The van der Waals surface area contributed by atoms with Crippen molar-refractivity contribution >= 4 is 28.2 Å². The zero-order valence-electron chi connectivity index (χ0n) is 15.7. The minimum atomic E-state index is -0.625. The molecule has 1 N–H and O–H groups in total. The van der Waals surface area contributed by atoms with Crippen molar-refractivity contribution in [3.63, 3.8) is 0 Å². The third-order valence-corrected chi connectivity index (χ3v) is 4.62. The molecule has 144 valence electrons. The number of amides is 1. The molecule has 0 spiro atoms. The fourth-order valence-corrected chi connectivity index (χ4v) is 3.07. The largest absolute Gasteiger partial charge is 0.497 e. The number of nitro groups is 1. The molecule has 8 nitrogen and oxygen atoms in total. The number of hydrogen-bond donors (Lipinski definition) is 1. The van der Waals surface area contributed by atoms with Gasteiger partial charge in [-0.15, -0.1) is 0 Å². The number of pyridine rings is 1. The van der Waals surface area contributed by atoms with E-state index in [0.717, 1.165) is 0 Å². The summed E-state index contributed by atoms with van der Waals surface area (Å²) in [4.78, 5) is 36.3. The molecule has 1 aromatic heterocycles. The van der Waals surface area contributed by atoms with Crippen LogP contribution in [0.25, 0.3) is 10.9 Å². The molecule has 0 saturated heterocycles. The summed E-state index contributed by atoms with van der Waals surface area (Å²) < 4.78 is 6.98. The minimum Gasteiger partial charge on any atom is -0.497 e. The summed E-state index contributed by atoms with van der Waals surface area (Å²) in [5, 5.41) is 14.1. The van der Waals surface area contributed by atoms with E-state index >= 15 is 0 Å². The maximum absolute atomic E-state index is 12.9. The maximum Gasteiger partial charge on any atom is 0.274 e. The van der Waals surface area contributed by atoms with Gasteiger partial charge in [0.2, 0.25) is 5.43 Å². The Morgan fingerprint density at radius 1 is 1.29 bits per heavy atom. The van der Waals surface area contributed by atoms with Crippen LogP contribution in [0.4, 0.5) is 11.4 Å².